The molecule has 2 bridgehead atoms. The number of hydrogen-bond acceptors (Lipinski definition) is 4. The van der Waals surface area contributed by atoms with Gasteiger partial charge in [-0.2, -0.15) is 0 Å². The summed E-state index contributed by atoms with van der Waals surface area (Å²) in [6.45, 7) is 3.71. The van der Waals surface area contributed by atoms with Crippen LogP contribution in [0.1, 0.15) is 26.7 Å². The maximum atomic E-state index is 11.7. The van der Waals surface area contributed by atoms with Crippen LogP contribution in [0.3, 0.4) is 0 Å². The lowest BCUT2D eigenvalue weighted by Crippen LogP contribution is -2.47. The van der Waals surface area contributed by atoms with E-state index in [1.807, 2.05) is 6.92 Å². The second-order valence-electron chi connectivity index (χ2n) is 4.81. The molecule has 0 aliphatic carbocycles. The van der Waals surface area contributed by atoms with Gasteiger partial charge < -0.3 is 9.47 Å². The molecule has 0 N–H and O–H groups in total. The molecule has 0 saturated carbocycles. The molecule has 0 amide bonds. The first-order valence-electron chi connectivity index (χ1n) is 4.93. The molecule has 0 aromatic rings. The Morgan fingerprint density at radius 2 is 2.07 bits per heavy atom. The summed E-state index contributed by atoms with van der Waals surface area (Å²) in [7, 11) is 0. The third kappa shape index (κ3) is 0.610. The van der Waals surface area contributed by atoms with Gasteiger partial charge in [0, 0.05) is 0 Å². The fraction of sp³-hybridized carbons (Fsp3) is 0.800. The molecule has 3 aliphatic heterocycles. The lowest BCUT2D eigenvalue weighted by Gasteiger charge is -2.34. The van der Waals surface area contributed by atoms with E-state index in [9.17, 15) is 9.59 Å². The van der Waals surface area contributed by atoms with E-state index in [1.165, 1.54) is 0 Å². The van der Waals surface area contributed by atoms with Gasteiger partial charge in [0.2, 0.25) is 0 Å². The predicted molar refractivity (Wildman–Crippen MR) is 45.2 cm³/mol. The minimum Gasteiger partial charge on any atom is -0.392 e. The van der Waals surface area contributed by atoms with Crippen molar-refractivity contribution >= 4 is 11.9 Å². The number of carbonyl (C=O) groups is 2. The zero-order chi connectivity index (χ0) is 10.1. The highest BCUT2D eigenvalue weighted by Gasteiger charge is 2.74. The molecule has 4 heteroatoms. The second-order valence-corrected chi connectivity index (χ2v) is 4.81. The number of fused-ring (bicyclic) bond motifs is 5. The van der Waals surface area contributed by atoms with Gasteiger partial charge in [0.15, 0.2) is 0 Å². The summed E-state index contributed by atoms with van der Waals surface area (Å²) in [6.07, 6.45) is 1.59. The highest BCUT2D eigenvalue weighted by Crippen LogP contribution is 2.61. The Balaban J connectivity index is 2.18. The zero-order valence-corrected chi connectivity index (χ0v) is 8.20. The van der Waals surface area contributed by atoms with Crippen molar-refractivity contribution in [2.75, 3.05) is 0 Å². The number of rotatable bonds is 0. The fourth-order valence-corrected chi connectivity index (χ4v) is 3.18. The monoisotopic (exact) mass is 196 g/mol. The zero-order valence-electron chi connectivity index (χ0n) is 8.20. The summed E-state index contributed by atoms with van der Waals surface area (Å²) >= 11 is 0. The molecule has 3 aliphatic rings. The van der Waals surface area contributed by atoms with Crippen molar-refractivity contribution in [1.82, 2.24) is 0 Å². The smallest absolute Gasteiger partial charge is 0.323 e. The summed E-state index contributed by atoms with van der Waals surface area (Å²) in [6, 6.07) is 0. The van der Waals surface area contributed by atoms with Crippen LogP contribution in [0.15, 0.2) is 0 Å². The van der Waals surface area contributed by atoms with Crippen LogP contribution in [-0.2, 0) is 19.1 Å². The lowest BCUT2D eigenvalue weighted by molar-refractivity contribution is -0.162. The van der Waals surface area contributed by atoms with Gasteiger partial charge >= 0.3 is 11.9 Å². The van der Waals surface area contributed by atoms with Gasteiger partial charge in [0.1, 0.15) is 11.3 Å². The quantitative estimate of drug-likeness (QED) is 0.421. The Morgan fingerprint density at radius 3 is 2.71 bits per heavy atom. The van der Waals surface area contributed by atoms with Crippen LogP contribution >= 0.6 is 0 Å². The summed E-state index contributed by atoms with van der Waals surface area (Å²) in [5, 5.41) is 0. The van der Waals surface area contributed by atoms with Crippen molar-refractivity contribution < 1.29 is 19.1 Å². The van der Waals surface area contributed by atoms with Gasteiger partial charge in [-0.05, 0) is 26.7 Å². The van der Waals surface area contributed by atoms with Gasteiger partial charge in [-0.15, -0.1) is 0 Å². The van der Waals surface area contributed by atoms with E-state index in [4.69, 9.17) is 9.47 Å². The average Bonchev–Trinajstić information content (AvgIpc) is 2.63. The molecule has 4 atom stereocenters. The minimum atomic E-state index is -0.743. The van der Waals surface area contributed by atoms with Crippen LogP contribution in [0.4, 0.5) is 0 Å². The van der Waals surface area contributed by atoms with Crippen LogP contribution < -0.4 is 0 Å². The number of carbonyl (C=O) groups excluding carboxylic acids is 2. The number of cyclic esters (lactones) is 2. The molecule has 0 aromatic carbocycles. The highest BCUT2D eigenvalue weighted by atomic mass is 16.6. The first-order chi connectivity index (χ1) is 6.49. The van der Waals surface area contributed by atoms with E-state index in [-0.39, 0.29) is 12.0 Å². The molecule has 76 valence electrons. The summed E-state index contributed by atoms with van der Waals surface area (Å²) in [4.78, 5) is 23.1. The molecule has 0 radical (unpaired) electrons. The molecule has 3 heterocycles. The van der Waals surface area contributed by atoms with Gasteiger partial charge in [-0.25, -0.2) is 0 Å². The maximum Gasteiger partial charge on any atom is 0.323 e. The van der Waals surface area contributed by atoms with Gasteiger partial charge in [0.05, 0.1) is 11.7 Å². The molecule has 4 unspecified atom stereocenters. The van der Waals surface area contributed by atoms with Crippen molar-refractivity contribution in [3.05, 3.63) is 0 Å². The predicted octanol–water partition coefficient (Wildman–Crippen LogP) is 0.644. The number of hydrogen-bond donors (Lipinski definition) is 0. The molecule has 0 spiro atoms. The molecule has 14 heavy (non-hydrogen) atoms. The topological polar surface area (TPSA) is 52.6 Å². The third-order valence-electron chi connectivity index (χ3n) is 4.28. The fourth-order valence-electron chi connectivity index (χ4n) is 3.18. The lowest BCUT2D eigenvalue weighted by atomic mass is 9.62. The third-order valence-corrected chi connectivity index (χ3v) is 4.28. The second kappa shape index (κ2) is 2.03. The molecule has 3 rings (SSSR count). The highest BCUT2D eigenvalue weighted by molar-refractivity contribution is 6.01. The van der Waals surface area contributed by atoms with E-state index in [1.54, 1.807) is 6.92 Å². The van der Waals surface area contributed by atoms with E-state index in [0.717, 1.165) is 12.8 Å². The largest absolute Gasteiger partial charge is 0.392 e. The van der Waals surface area contributed by atoms with Crippen molar-refractivity contribution in [3.8, 4) is 0 Å². The standard InChI is InChI=1S/C10H12O4/c1-9-4-3-5(14-9)6-7(11)13-8(12)10(6,9)2/h5-6H,3-4H2,1-2H3. The molecule has 0 aromatic heterocycles. The SMILES string of the molecule is CC12CCC(O1)C1C(=O)OC(=O)C12C. The van der Waals surface area contributed by atoms with Crippen molar-refractivity contribution in [3.63, 3.8) is 0 Å². The Morgan fingerprint density at radius 1 is 1.36 bits per heavy atom. The molecule has 4 nitrogen and oxygen atoms in total. The van der Waals surface area contributed by atoms with Gasteiger partial charge in [0.25, 0.3) is 0 Å². The van der Waals surface area contributed by atoms with Crippen LogP contribution in [0.25, 0.3) is 0 Å². The van der Waals surface area contributed by atoms with E-state index >= 15 is 0 Å². The van der Waals surface area contributed by atoms with Crippen molar-refractivity contribution in [2.24, 2.45) is 11.3 Å². The normalized spacial score (nSPS) is 55.0. The Labute approximate surface area is 81.6 Å². The van der Waals surface area contributed by atoms with Crippen LogP contribution in [0, 0.1) is 11.3 Å². The van der Waals surface area contributed by atoms with E-state index < -0.39 is 23.0 Å². The minimum absolute atomic E-state index is 0.107. The Hall–Kier alpha value is -0.900. The summed E-state index contributed by atoms with van der Waals surface area (Å²) in [5.41, 5.74) is -1.24. The molecule has 3 saturated heterocycles. The molecular weight excluding hydrogens is 184 g/mol. The Kier molecular flexibility index (Phi) is 1.22. The van der Waals surface area contributed by atoms with Crippen molar-refractivity contribution in [2.45, 2.75) is 38.4 Å². The van der Waals surface area contributed by atoms with Crippen LogP contribution in [0.5, 0.6) is 0 Å². The van der Waals surface area contributed by atoms with E-state index in [2.05, 4.69) is 0 Å². The molecular formula is C10H12O4. The van der Waals surface area contributed by atoms with Crippen molar-refractivity contribution in [1.29, 1.82) is 0 Å². The summed E-state index contributed by atoms with van der Waals surface area (Å²) < 4.78 is 10.5. The Bertz CT molecular complexity index is 350. The molecule has 3 fully saturated rings. The van der Waals surface area contributed by atoms with Crippen LogP contribution in [0.2, 0.25) is 0 Å². The van der Waals surface area contributed by atoms with Gasteiger partial charge in [-0.3, -0.25) is 9.59 Å². The maximum absolute atomic E-state index is 11.7. The van der Waals surface area contributed by atoms with Crippen LogP contribution in [-0.4, -0.2) is 23.6 Å². The number of esters is 2. The van der Waals surface area contributed by atoms with Gasteiger partial charge in [-0.1, -0.05) is 0 Å². The first kappa shape index (κ1) is 8.41. The average molecular weight is 196 g/mol. The van der Waals surface area contributed by atoms with E-state index in [0.29, 0.717) is 0 Å². The first-order valence-corrected chi connectivity index (χ1v) is 4.93. The summed E-state index contributed by atoms with van der Waals surface area (Å²) in [5.74, 6) is -1.17. The number of ether oxygens (including phenoxy) is 2.